The lowest BCUT2D eigenvalue weighted by atomic mass is 10.1. The second-order valence-electron chi connectivity index (χ2n) is 5.89. The number of hydrogen-bond donors (Lipinski definition) is 1. The van der Waals surface area contributed by atoms with Gasteiger partial charge in [-0.1, -0.05) is 30.3 Å². The Balaban J connectivity index is 1.74. The Morgan fingerprint density at radius 2 is 1.44 bits per heavy atom. The van der Waals surface area contributed by atoms with Gasteiger partial charge >= 0.3 is 0 Å². The van der Waals surface area contributed by atoms with Gasteiger partial charge in [-0.3, -0.25) is 9.59 Å². The van der Waals surface area contributed by atoms with E-state index in [0.717, 1.165) is 5.69 Å². The van der Waals surface area contributed by atoms with E-state index in [1.165, 1.54) is 0 Å². The second-order valence-corrected chi connectivity index (χ2v) is 5.89. The molecule has 2 amide bonds. The molecule has 0 saturated carbocycles. The molecule has 5 nitrogen and oxygen atoms in total. The van der Waals surface area contributed by atoms with Crippen molar-refractivity contribution in [3.8, 4) is 6.07 Å². The summed E-state index contributed by atoms with van der Waals surface area (Å²) in [7, 11) is 1.71. The fourth-order valence-electron chi connectivity index (χ4n) is 2.61. The molecule has 132 valence electrons. The summed E-state index contributed by atoms with van der Waals surface area (Å²) in [5.74, 6) is -0.504. The van der Waals surface area contributed by atoms with Gasteiger partial charge in [0.25, 0.3) is 11.8 Å². The molecule has 0 bridgehead atoms. The summed E-state index contributed by atoms with van der Waals surface area (Å²) in [6.45, 7) is 0. The van der Waals surface area contributed by atoms with Crippen molar-refractivity contribution < 1.29 is 9.59 Å². The molecule has 5 heteroatoms. The minimum atomic E-state index is -0.340. The van der Waals surface area contributed by atoms with Crippen LogP contribution in [0.15, 0.2) is 78.9 Å². The van der Waals surface area contributed by atoms with Crippen LogP contribution in [0.1, 0.15) is 26.3 Å². The highest BCUT2D eigenvalue weighted by atomic mass is 16.2. The maximum atomic E-state index is 12.6. The molecular weight excluding hydrogens is 338 g/mol. The molecule has 0 aliphatic heterocycles. The van der Waals surface area contributed by atoms with Gasteiger partial charge in [0.15, 0.2) is 0 Å². The van der Waals surface area contributed by atoms with Gasteiger partial charge in [-0.05, 0) is 48.5 Å². The zero-order chi connectivity index (χ0) is 19.2. The lowest BCUT2D eigenvalue weighted by Gasteiger charge is -2.17. The largest absolute Gasteiger partial charge is 0.321 e. The van der Waals surface area contributed by atoms with Gasteiger partial charge in [0, 0.05) is 23.9 Å². The molecular formula is C22H17N3O2. The lowest BCUT2D eigenvalue weighted by Crippen LogP contribution is -2.26. The molecule has 0 heterocycles. The van der Waals surface area contributed by atoms with E-state index in [1.54, 1.807) is 60.5 Å². The van der Waals surface area contributed by atoms with Crippen LogP contribution in [-0.4, -0.2) is 18.9 Å². The van der Waals surface area contributed by atoms with E-state index in [9.17, 15) is 9.59 Å². The molecule has 0 aromatic heterocycles. The molecule has 0 unspecified atom stereocenters. The maximum Gasteiger partial charge on any atom is 0.258 e. The minimum Gasteiger partial charge on any atom is -0.321 e. The average Bonchev–Trinajstić information content (AvgIpc) is 2.73. The Morgan fingerprint density at radius 3 is 2.11 bits per heavy atom. The van der Waals surface area contributed by atoms with Crippen LogP contribution in [0.25, 0.3) is 0 Å². The van der Waals surface area contributed by atoms with E-state index < -0.39 is 0 Å². The van der Waals surface area contributed by atoms with Crippen molar-refractivity contribution in [3.05, 3.63) is 95.6 Å². The summed E-state index contributed by atoms with van der Waals surface area (Å²) >= 11 is 0. The number of benzene rings is 3. The van der Waals surface area contributed by atoms with Crippen LogP contribution < -0.4 is 10.2 Å². The molecule has 3 aromatic carbocycles. The number of nitriles is 1. The SMILES string of the molecule is CN(C(=O)c1ccc(C(=O)Nc2ccccc2C#N)cc1)c1ccccc1. The summed E-state index contributed by atoms with van der Waals surface area (Å²) in [4.78, 5) is 26.5. The van der Waals surface area contributed by atoms with Crippen molar-refractivity contribution in [2.75, 3.05) is 17.3 Å². The van der Waals surface area contributed by atoms with Gasteiger partial charge in [-0.25, -0.2) is 0 Å². The molecule has 0 fully saturated rings. The van der Waals surface area contributed by atoms with Crippen LogP contribution in [-0.2, 0) is 0 Å². The summed E-state index contributed by atoms with van der Waals surface area (Å²) in [6, 6.07) is 24.6. The third kappa shape index (κ3) is 4.02. The number of nitrogens with zero attached hydrogens (tertiary/aromatic N) is 2. The molecule has 3 aromatic rings. The topological polar surface area (TPSA) is 73.2 Å². The van der Waals surface area contributed by atoms with Crippen molar-refractivity contribution in [1.29, 1.82) is 5.26 Å². The molecule has 27 heavy (non-hydrogen) atoms. The van der Waals surface area contributed by atoms with Gasteiger partial charge in [0.2, 0.25) is 0 Å². The molecule has 1 N–H and O–H groups in total. The number of carbonyl (C=O) groups excluding carboxylic acids is 2. The Labute approximate surface area is 157 Å². The fourth-order valence-corrected chi connectivity index (χ4v) is 2.61. The van der Waals surface area contributed by atoms with Crippen LogP contribution in [0.3, 0.4) is 0 Å². The highest BCUT2D eigenvalue weighted by molar-refractivity contribution is 6.08. The number of carbonyl (C=O) groups is 2. The molecule has 0 saturated heterocycles. The van der Waals surface area contributed by atoms with Crippen molar-refractivity contribution in [3.63, 3.8) is 0 Å². The standard InChI is InChI=1S/C22H17N3O2/c1-25(19-8-3-2-4-9-19)22(27)17-13-11-16(12-14-17)21(26)24-20-10-6-5-7-18(20)15-23/h2-14H,1H3,(H,24,26). The number of amides is 2. The van der Waals surface area contributed by atoms with Gasteiger partial charge in [0.1, 0.15) is 6.07 Å². The highest BCUT2D eigenvalue weighted by Gasteiger charge is 2.14. The maximum absolute atomic E-state index is 12.6. The Bertz CT molecular complexity index is 1010. The predicted molar refractivity (Wildman–Crippen MR) is 105 cm³/mol. The third-order valence-corrected chi connectivity index (χ3v) is 4.14. The van der Waals surface area contributed by atoms with Crippen LogP contribution in [0.2, 0.25) is 0 Å². The summed E-state index contributed by atoms with van der Waals surface area (Å²) < 4.78 is 0. The number of para-hydroxylation sites is 2. The van der Waals surface area contributed by atoms with E-state index in [-0.39, 0.29) is 11.8 Å². The zero-order valence-corrected chi connectivity index (χ0v) is 14.7. The van der Waals surface area contributed by atoms with E-state index in [4.69, 9.17) is 5.26 Å². The smallest absolute Gasteiger partial charge is 0.258 e. The number of hydrogen-bond acceptors (Lipinski definition) is 3. The number of rotatable bonds is 4. The first kappa shape index (κ1) is 17.9. The lowest BCUT2D eigenvalue weighted by molar-refractivity contribution is 0.0989. The van der Waals surface area contributed by atoms with Crippen LogP contribution >= 0.6 is 0 Å². The van der Waals surface area contributed by atoms with Crippen molar-refractivity contribution in [2.24, 2.45) is 0 Å². The van der Waals surface area contributed by atoms with Gasteiger partial charge in [-0.2, -0.15) is 5.26 Å². The van der Waals surface area contributed by atoms with E-state index in [2.05, 4.69) is 5.32 Å². The molecule has 0 aliphatic carbocycles. The monoisotopic (exact) mass is 355 g/mol. The number of nitrogens with one attached hydrogen (secondary N) is 1. The highest BCUT2D eigenvalue weighted by Crippen LogP contribution is 2.17. The fraction of sp³-hybridized carbons (Fsp3) is 0.0455. The van der Waals surface area contributed by atoms with Crippen LogP contribution in [0.5, 0.6) is 0 Å². The van der Waals surface area contributed by atoms with Crippen LogP contribution in [0, 0.1) is 11.3 Å². The Kier molecular flexibility index (Phi) is 5.29. The zero-order valence-electron chi connectivity index (χ0n) is 14.7. The molecule has 0 spiro atoms. The second kappa shape index (κ2) is 7.98. The predicted octanol–water partition coefficient (Wildman–Crippen LogP) is 4.09. The minimum absolute atomic E-state index is 0.164. The summed E-state index contributed by atoms with van der Waals surface area (Å²) in [5.41, 5.74) is 2.52. The Hall–Kier alpha value is -3.91. The van der Waals surface area contributed by atoms with Gasteiger partial charge in [-0.15, -0.1) is 0 Å². The number of anilines is 2. The van der Waals surface area contributed by atoms with E-state index >= 15 is 0 Å². The first-order valence-corrected chi connectivity index (χ1v) is 8.34. The van der Waals surface area contributed by atoms with Crippen molar-refractivity contribution in [1.82, 2.24) is 0 Å². The Morgan fingerprint density at radius 1 is 0.852 bits per heavy atom. The van der Waals surface area contributed by atoms with Gasteiger partial charge < -0.3 is 10.2 Å². The first-order chi connectivity index (χ1) is 13.1. The third-order valence-electron chi connectivity index (χ3n) is 4.14. The first-order valence-electron chi connectivity index (χ1n) is 8.34. The average molecular weight is 355 g/mol. The molecule has 0 aliphatic rings. The van der Waals surface area contributed by atoms with Gasteiger partial charge in [0.05, 0.1) is 11.3 Å². The van der Waals surface area contributed by atoms with E-state index in [0.29, 0.717) is 22.4 Å². The van der Waals surface area contributed by atoms with Crippen molar-refractivity contribution >= 4 is 23.2 Å². The normalized spacial score (nSPS) is 9.93. The van der Waals surface area contributed by atoms with E-state index in [1.807, 2.05) is 36.4 Å². The van der Waals surface area contributed by atoms with Crippen molar-refractivity contribution in [2.45, 2.75) is 0 Å². The molecule has 3 rings (SSSR count). The summed E-state index contributed by atoms with van der Waals surface area (Å²) in [6.07, 6.45) is 0. The molecule has 0 radical (unpaired) electrons. The quantitative estimate of drug-likeness (QED) is 0.766. The summed E-state index contributed by atoms with van der Waals surface area (Å²) in [5, 5.41) is 11.8. The van der Waals surface area contributed by atoms with Crippen LogP contribution in [0.4, 0.5) is 11.4 Å². The molecule has 0 atom stereocenters.